The molecule has 7 nitrogen and oxygen atoms in total. The predicted molar refractivity (Wildman–Crippen MR) is 98.9 cm³/mol. The summed E-state index contributed by atoms with van der Waals surface area (Å²) in [5, 5.41) is 13.6. The standard InChI is InChI=1S/C18H21FN2O5S/c1-2-7-26-9-13(18(24)25)20-16(22)14-10-27-15(17(23)21-14)8-11-5-3-4-6-12(11)19/h2-6,13-15H,1,7-10H2,(H,20,22)(H,21,23)(H,24,25). The van der Waals surface area contributed by atoms with E-state index < -0.39 is 29.2 Å². The van der Waals surface area contributed by atoms with E-state index in [1.54, 1.807) is 18.2 Å². The van der Waals surface area contributed by atoms with Crippen molar-refractivity contribution in [1.82, 2.24) is 10.6 Å². The minimum Gasteiger partial charge on any atom is -0.480 e. The highest BCUT2D eigenvalue weighted by molar-refractivity contribution is 8.00. The van der Waals surface area contributed by atoms with Crippen LogP contribution in [0.1, 0.15) is 5.56 Å². The lowest BCUT2D eigenvalue weighted by molar-refractivity contribution is -0.143. The van der Waals surface area contributed by atoms with E-state index in [4.69, 9.17) is 9.84 Å². The second-order valence-electron chi connectivity index (χ2n) is 5.90. The first-order valence-electron chi connectivity index (χ1n) is 8.29. The van der Waals surface area contributed by atoms with Gasteiger partial charge in [-0.1, -0.05) is 24.3 Å². The Morgan fingerprint density at radius 1 is 1.48 bits per heavy atom. The van der Waals surface area contributed by atoms with Crippen molar-refractivity contribution in [2.45, 2.75) is 23.8 Å². The summed E-state index contributed by atoms with van der Waals surface area (Å²) < 4.78 is 18.8. The highest BCUT2D eigenvalue weighted by Gasteiger charge is 2.34. The summed E-state index contributed by atoms with van der Waals surface area (Å²) in [6.07, 6.45) is 1.68. The van der Waals surface area contributed by atoms with Crippen LogP contribution in [0.5, 0.6) is 0 Å². The van der Waals surface area contributed by atoms with Crippen molar-refractivity contribution in [2.24, 2.45) is 0 Å². The summed E-state index contributed by atoms with van der Waals surface area (Å²) >= 11 is 1.24. The normalized spacial score (nSPS) is 20.4. The molecule has 1 aromatic rings. The molecule has 0 spiro atoms. The van der Waals surface area contributed by atoms with E-state index >= 15 is 0 Å². The van der Waals surface area contributed by atoms with Crippen LogP contribution in [0, 0.1) is 5.82 Å². The van der Waals surface area contributed by atoms with Crippen LogP contribution in [0.25, 0.3) is 0 Å². The smallest absolute Gasteiger partial charge is 0.328 e. The largest absolute Gasteiger partial charge is 0.480 e. The maximum Gasteiger partial charge on any atom is 0.328 e. The monoisotopic (exact) mass is 396 g/mol. The third-order valence-corrected chi connectivity index (χ3v) is 5.20. The van der Waals surface area contributed by atoms with Crippen LogP contribution in [-0.4, -0.2) is 59.2 Å². The van der Waals surface area contributed by atoms with Crippen molar-refractivity contribution in [1.29, 1.82) is 0 Å². The maximum absolute atomic E-state index is 13.7. The molecule has 0 aliphatic carbocycles. The zero-order valence-electron chi connectivity index (χ0n) is 14.5. The molecule has 1 heterocycles. The molecule has 0 bridgehead atoms. The Morgan fingerprint density at radius 2 is 2.22 bits per heavy atom. The number of amides is 2. The maximum atomic E-state index is 13.7. The van der Waals surface area contributed by atoms with Crippen LogP contribution >= 0.6 is 11.8 Å². The fourth-order valence-corrected chi connectivity index (χ4v) is 3.64. The van der Waals surface area contributed by atoms with Gasteiger partial charge in [0.1, 0.15) is 11.9 Å². The molecule has 3 atom stereocenters. The van der Waals surface area contributed by atoms with Gasteiger partial charge >= 0.3 is 5.97 Å². The number of halogens is 1. The second-order valence-corrected chi connectivity index (χ2v) is 7.14. The average molecular weight is 396 g/mol. The van der Waals surface area contributed by atoms with Gasteiger partial charge in [0.25, 0.3) is 0 Å². The third-order valence-electron chi connectivity index (χ3n) is 3.89. The summed E-state index contributed by atoms with van der Waals surface area (Å²) in [4.78, 5) is 35.8. The van der Waals surface area contributed by atoms with Gasteiger partial charge < -0.3 is 20.5 Å². The Kier molecular flexibility index (Phi) is 7.81. The van der Waals surface area contributed by atoms with E-state index in [1.807, 2.05) is 0 Å². The molecule has 1 aliphatic heterocycles. The van der Waals surface area contributed by atoms with E-state index in [1.165, 1.54) is 23.9 Å². The van der Waals surface area contributed by atoms with Crippen LogP contribution in [0.3, 0.4) is 0 Å². The van der Waals surface area contributed by atoms with E-state index in [-0.39, 0.29) is 37.1 Å². The van der Waals surface area contributed by atoms with E-state index in [0.29, 0.717) is 5.56 Å². The van der Waals surface area contributed by atoms with Crippen molar-refractivity contribution in [3.63, 3.8) is 0 Å². The quantitative estimate of drug-likeness (QED) is 0.420. The molecule has 2 rings (SSSR count). The number of ether oxygens (including phenoxy) is 1. The first kappa shape index (κ1) is 20.9. The molecular formula is C18H21FN2O5S. The minimum atomic E-state index is -1.24. The molecule has 1 aromatic carbocycles. The molecule has 3 N–H and O–H groups in total. The SMILES string of the molecule is C=CCOCC(NC(=O)C1CSC(Cc2ccccc2F)C(=O)N1)C(=O)O. The molecule has 2 amide bonds. The molecule has 27 heavy (non-hydrogen) atoms. The van der Waals surface area contributed by atoms with Crippen LogP contribution < -0.4 is 10.6 Å². The molecule has 146 valence electrons. The van der Waals surface area contributed by atoms with Crippen LogP contribution in [-0.2, 0) is 25.5 Å². The number of carboxylic acids is 1. The third kappa shape index (κ3) is 6.07. The molecule has 3 unspecified atom stereocenters. The number of hydrogen-bond acceptors (Lipinski definition) is 5. The lowest BCUT2D eigenvalue weighted by Crippen LogP contribution is -2.57. The molecule has 0 aromatic heterocycles. The number of aliphatic carboxylic acids is 1. The summed E-state index contributed by atoms with van der Waals surface area (Å²) in [5.74, 6) is -2.34. The molecule has 1 aliphatic rings. The van der Waals surface area contributed by atoms with Crippen molar-refractivity contribution >= 4 is 29.5 Å². The van der Waals surface area contributed by atoms with Crippen LogP contribution in [0.2, 0.25) is 0 Å². The van der Waals surface area contributed by atoms with Crippen molar-refractivity contribution in [3.05, 3.63) is 48.3 Å². The Hall–Kier alpha value is -2.39. The molecule has 1 saturated heterocycles. The lowest BCUT2D eigenvalue weighted by Gasteiger charge is -2.29. The average Bonchev–Trinajstić information content (AvgIpc) is 2.64. The zero-order valence-corrected chi connectivity index (χ0v) is 15.3. The van der Waals surface area contributed by atoms with E-state index in [0.717, 1.165) is 0 Å². The fourth-order valence-electron chi connectivity index (χ4n) is 2.47. The second kappa shape index (κ2) is 10.1. The Morgan fingerprint density at radius 3 is 2.85 bits per heavy atom. The number of benzene rings is 1. The number of rotatable bonds is 9. The van der Waals surface area contributed by atoms with Crippen molar-refractivity contribution in [2.75, 3.05) is 19.0 Å². The Balaban J connectivity index is 1.89. The number of nitrogens with one attached hydrogen (secondary N) is 2. The zero-order chi connectivity index (χ0) is 19.8. The van der Waals surface area contributed by atoms with Gasteiger partial charge in [-0.05, 0) is 18.1 Å². The van der Waals surface area contributed by atoms with Crippen LogP contribution in [0.4, 0.5) is 4.39 Å². The van der Waals surface area contributed by atoms with E-state index in [9.17, 15) is 18.8 Å². The first-order valence-corrected chi connectivity index (χ1v) is 9.34. The lowest BCUT2D eigenvalue weighted by atomic mass is 10.1. The number of thioether (sulfide) groups is 1. The number of carboxylic acid groups (broad SMARTS) is 1. The van der Waals surface area contributed by atoms with Crippen molar-refractivity contribution < 1.29 is 28.6 Å². The number of hydrogen-bond donors (Lipinski definition) is 3. The van der Waals surface area contributed by atoms with Gasteiger partial charge in [-0.25, -0.2) is 9.18 Å². The Bertz CT molecular complexity index is 715. The molecule has 1 fully saturated rings. The fraction of sp³-hybridized carbons (Fsp3) is 0.389. The molecular weight excluding hydrogens is 375 g/mol. The highest BCUT2D eigenvalue weighted by Crippen LogP contribution is 2.23. The molecule has 0 radical (unpaired) electrons. The first-order chi connectivity index (χ1) is 12.9. The predicted octanol–water partition coefficient (Wildman–Crippen LogP) is 0.740. The van der Waals surface area contributed by atoms with Crippen molar-refractivity contribution in [3.8, 4) is 0 Å². The molecule has 0 saturated carbocycles. The van der Waals surface area contributed by atoms with E-state index in [2.05, 4.69) is 17.2 Å². The van der Waals surface area contributed by atoms with Gasteiger partial charge in [0.15, 0.2) is 6.04 Å². The van der Waals surface area contributed by atoms with Gasteiger partial charge in [-0.2, -0.15) is 0 Å². The van der Waals surface area contributed by atoms with Gasteiger partial charge in [0, 0.05) is 5.75 Å². The van der Waals surface area contributed by atoms with Gasteiger partial charge in [-0.3, -0.25) is 9.59 Å². The van der Waals surface area contributed by atoms with Gasteiger partial charge in [0.2, 0.25) is 11.8 Å². The van der Waals surface area contributed by atoms with Gasteiger partial charge in [0.05, 0.1) is 18.5 Å². The number of carbonyl (C=O) groups excluding carboxylic acids is 2. The van der Waals surface area contributed by atoms with Gasteiger partial charge in [-0.15, -0.1) is 18.3 Å². The molecule has 9 heteroatoms. The minimum absolute atomic E-state index is 0.160. The number of carbonyl (C=O) groups is 3. The summed E-state index contributed by atoms with van der Waals surface area (Å²) in [6, 6.07) is 4.13. The Labute approximate surface area is 160 Å². The highest BCUT2D eigenvalue weighted by atomic mass is 32.2. The summed E-state index contributed by atoms with van der Waals surface area (Å²) in [6.45, 7) is 3.40. The topological polar surface area (TPSA) is 105 Å². The van der Waals surface area contributed by atoms with Crippen LogP contribution in [0.15, 0.2) is 36.9 Å². The summed E-state index contributed by atoms with van der Waals surface area (Å²) in [7, 11) is 0. The summed E-state index contributed by atoms with van der Waals surface area (Å²) in [5.41, 5.74) is 0.429.